The van der Waals surface area contributed by atoms with Gasteiger partial charge in [0.25, 0.3) is 5.91 Å². The van der Waals surface area contributed by atoms with Crippen molar-refractivity contribution in [3.05, 3.63) is 63.4 Å². The number of aliphatic hydroxyl groups is 1. The van der Waals surface area contributed by atoms with Crippen LogP contribution < -0.4 is 0 Å². The predicted octanol–water partition coefficient (Wildman–Crippen LogP) is 3.03. The van der Waals surface area contributed by atoms with E-state index in [0.717, 1.165) is 18.3 Å². The van der Waals surface area contributed by atoms with Gasteiger partial charge in [0.05, 0.1) is 12.6 Å². The summed E-state index contributed by atoms with van der Waals surface area (Å²) in [5.74, 6) is -1.90. The van der Waals surface area contributed by atoms with Crippen LogP contribution in [-0.4, -0.2) is 48.8 Å². The van der Waals surface area contributed by atoms with Gasteiger partial charge in [-0.25, -0.2) is 13.9 Å². The minimum atomic E-state index is -0.798. The zero-order chi connectivity index (χ0) is 22.9. The molecule has 0 unspecified atom stereocenters. The average molecular weight is 430 g/mol. The molecule has 9 nitrogen and oxygen atoms in total. The molecule has 2 heterocycles. The van der Waals surface area contributed by atoms with Gasteiger partial charge in [-0.1, -0.05) is 13.8 Å². The van der Waals surface area contributed by atoms with Gasteiger partial charge in [0, 0.05) is 12.5 Å². The molecule has 0 saturated carbocycles. The zero-order valence-corrected chi connectivity index (χ0v) is 17.4. The molecule has 0 bridgehead atoms. The fraction of sp³-hybridized carbons (Fsp3) is 0.381. The van der Waals surface area contributed by atoms with E-state index in [1.54, 1.807) is 6.92 Å². The van der Waals surface area contributed by atoms with Crippen LogP contribution in [0.2, 0.25) is 0 Å². The lowest BCUT2D eigenvalue weighted by Gasteiger charge is -2.23. The number of halogens is 1. The molecular formula is C21H23FN4O5. The molecule has 1 fully saturated rings. The minimum absolute atomic E-state index is 0.0280. The number of ketones is 1. The van der Waals surface area contributed by atoms with Crippen LogP contribution in [0.3, 0.4) is 0 Å². The standard InChI is InChI=1S/C21H23FN4O5/c1-12(2)10-16-20(28)18(19(27)14-4-6-15(22)7-5-14)21(29)25(16)9-8-24-13(3)23-11-17(24)26(30)31/h4-7,11-12,16,27H,8-10H2,1-3H3/t16-/m1/s1. The topological polar surface area (TPSA) is 119 Å². The Labute approximate surface area is 178 Å². The Morgan fingerprint density at radius 2 is 1.90 bits per heavy atom. The number of benzene rings is 1. The molecule has 0 spiro atoms. The summed E-state index contributed by atoms with van der Waals surface area (Å²) in [6.45, 7) is 5.52. The van der Waals surface area contributed by atoms with Crippen LogP contribution in [0.25, 0.3) is 5.76 Å². The van der Waals surface area contributed by atoms with Gasteiger partial charge in [0.1, 0.15) is 29.9 Å². The molecule has 10 heteroatoms. The second-order valence-corrected chi connectivity index (χ2v) is 7.81. The van der Waals surface area contributed by atoms with Crippen molar-refractivity contribution < 1.29 is 24.0 Å². The molecule has 3 rings (SSSR count). The molecular weight excluding hydrogens is 407 g/mol. The van der Waals surface area contributed by atoms with Gasteiger partial charge >= 0.3 is 5.82 Å². The van der Waals surface area contributed by atoms with Crippen molar-refractivity contribution in [2.45, 2.75) is 39.8 Å². The highest BCUT2D eigenvalue weighted by Gasteiger charge is 2.45. The Morgan fingerprint density at radius 3 is 2.48 bits per heavy atom. The van der Waals surface area contributed by atoms with Crippen LogP contribution in [0.5, 0.6) is 0 Å². The van der Waals surface area contributed by atoms with Crippen LogP contribution in [0, 0.1) is 28.8 Å². The first-order valence-electron chi connectivity index (χ1n) is 9.82. The summed E-state index contributed by atoms with van der Waals surface area (Å²) in [7, 11) is 0. The first-order valence-corrected chi connectivity index (χ1v) is 9.82. The van der Waals surface area contributed by atoms with Crippen molar-refractivity contribution in [2.24, 2.45) is 5.92 Å². The normalized spacial score (nSPS) is 18.2. The maximum Gasteiger partial charge on any atom is 0.342 e. The van der Waals surface area contributed by atoms with Crippen molar-refractivity contribution in [1.82, 2.24) is 14.5 Å². The van der Waals surface area contributed by atoms with Crippen molar-refractivity contribution in [3.8, 4) is 0 Å². The number of aliphatic hydroxyl groups excluding tert-OH is 1. The maximum atomic E-state index is 13.2. The van der Waals surface area contributed by atoms with E-state index in [0.29, 0.717) is 12.2 Å². The van der Waals surface area contributed by atoms with Gasteiger partial charge in [-0.2, -0.15) is 0 Å². The number of aryl methyl sites for hydroxylation is 1. The van der Waals surface area contributed by atoms with E-state index in [2.05, 4.69) is 4.98 Å². The molecule has 1 N–H and O–H groups in total. The van der Waals surface area contributed by atoms with Gasteiger partial charge in [-0.15, -0.1) is 0 Å². The Bertz CT molecular complexity index is 1060. The van der Waals surface area contributed by atoms with Crippen molar-refractivity contribution in [2.75, 3.05) is 6.54 Å². The third-order valence-corrected chi connectivity index (χ3v) is 5.23. The van der Waals surface area contributed by atoms with Gasteiger partial charge < -0.3 is 20.1 Å². The van der Waals surface area contributed by atoms with Gasteiger partial charge in [-0.05, 0) is 41.5 Å². The van der Waals surface area contributed by atoms with Crippen LogP contribution >= 0.6 is 0 Å². The predicted molar refractivity (Wildman–Crippen MR) is 110 cm³/mol. The summed E-state index contributed by atoms with van der Waals surface area (Å²) >= 11 is 0. The summed E-state index contributed by atoms with van der Waals surface area (Å²) in [5, 5.41) is 21.8. The van der Waals surface area contributed by atoms with E-state index in [1.807, 2.05) is 13.8 Å². The van der Waals surface area contributed by atoms with E-state index in [1.165, 1.54) is 21.6 Å². The Kier molecular flexibility index (Phi) is 6.19. The number of carbonyl (C=O) groups is 2. The molecule has 164 valence electrons. The Balaban J connectivity index is 1.95. The lowest BCUT2D eigenvalue weighted by Crippen LogP contribution is -2.38. The highest BCUT2D eigenvalue weighted by molar-refractivity contribution is 6.30. The van der Waals surface area contributed by atoms with Crippen LogP contribution in [-0.2, 0) is 16.1 Å². The van der Waals surface area contributed by atoms with E-state index >= 15 is 0 Å². The second-order valence-electron chi connectivity index (χ2n) is 7.81. The van der Waals surface area contributed by atoms with Crippen LogP contribution in [0.15, 0.2) is 36.0 Å². The third-order valence-electron chi connectivity index (χ3n) is 5.23. The summed E-state index contributed by atoms with van der Waals surface area (Å²) in [4.78, 5) is 42.1. The van der Waals surface area contributed by atoms with E-state index in [-0.39, 0.29) is 36.0 Å². The first kappa shape index (κ1) is 22.1. The number of carbonyl (C=O) groups excluding carboxylic acids is 2. The van der Waals surface area contributed by atoms with E-state index in [9.17, 15) is 29.2 Å². The fourth-order valence-corrected chi connectivity index (χ4v) is 3.69. The number of rotatable bonds is 7. The largest absolute Gasteiger partial charge is 0.506 e. The summed E-state index contributed by atoms with van der Waals surface area (Å²) < 4.78 is 14.6. The first-order chi connectivity index (χ1) is 14.6. The molecule has 1 atom stereocenters. The number of likely N-dealkylation sites (tertiary alicyclic amines) is 1. The minimum Gasteiger partial charge on any atom is -0.506 e. The second kappa shape index (κ2) is 8.66. The quantitative estimate of drug-likeness (QED) is 0.237. The highest BCUT2D eigenvalue weighted by Crippen LogP contribution is 2.30. The smallest absolute Gasteiger partial charge is 0.342 e. The lowest BCUT2D eigenvalue weighted by atomic mass is 9.98. The van der Waals surface area contributed by atoms with Crippen molar-refractivity contribution >= 4 is 23.3 Å². The number of imidazole rings is 1. The van der Waals surface area contributed by atoms with Crippen molar-refractivity contribution in [1.29, 1.82) is 0 Å². The fourth-order valence-electron chi connectivity index (χ4n) is 3.69. The highest BCUT2D eigenvalue weighted by atomic mass is 19.1. The molecule has 1 aliphatic heterocycles. The summed E-state index contributed by atoms with van der Waals surface area (Å²) in [6, 6.07) is 4.03. The molecule has 1 aliphatic rings. The molecule has 1 aromatic heterocycles. The third kappa shape index (κ3) is 4.32. The van der Waals surface area contributed by atoms with Crippen molar-refractivity contribution in [3.63, 3.8) is 0 Å². The zero-order valence-electron chi connectivity index (χ0n) is 17.4. The maximum absolute atomic E-state index is 13.2. The number of hydrogen-bond donors (Lipinski definition) is 1. The number of amides is 1. The van der Waals surface area contributed by atoms with Gasteiger partial charge in [0.15, 0.2) is 11.6 Å². The summed E-state index contributed by atoms with van der Waals surface area (Å²) in [6.07, 6.45) is 1.51. The Hall–Kier alpha value is -3.56. The average Bonchev–Trinajstić information content (AvgIpc) is 3.17. The number of nitro groups is 1. The van der Waals surface area contributed by atoms with Crippen LogP contribution in [0.4, 0.5) is 10.2 Å². The summed E-state index contributed by atoms with van der Waals surface area (Å²) in [5.41, 5.74) is -0.196. The Morgan fingerprint density at radius 1 is 1.26 bits per heavy atom. The van der Waals surface area contributed by atoms with E-state index in [4.69, 9.17) is 0 Å². The molecule has 0 radical (unpaired) electrons. The SMILES string of the molecule is Cc1ncc([N+](=O)[O-])n1CCN1C(=O)C(=C(O)c2ccc(F)cc2)C(=O)[C@H]1CC(C)C. The number of aromatic nitrogens is 2. The van der Waals surface area contributed by atoms with Crippen LogP contribution in [0.1, 0.15) is 31.7 Å². The number of nitrogens with zero attached hydrogens (tertiary/aromatic N) is 4. The van der Waals surface area contributed by atoms with Gasteiger partial charge in [0.2, 0.25) is 0 Å². The van der Waals surface area contributed by atoms with Gasteiger partial charge in [-0.3, -0.25) is 9.59 Å². The van der Waals surface area contributed by atoms with E-state index < -0.39 is 34.2 Å². The number of hydrogen-bond acceptors (Lipinski definition) is 6. The molecule has 1 aromatic carbocycles. The molecule has 31 heavy (non-hydrogen) atoms. The molecule has 1 saturated heterocycles. The molecule has 2 aromatic rings. The number of Topliss-reactive ketones (excluding diaryl/α,β-unsaturated/α-hetero) is 1. The lowest BCUT2D eigenvalue weighted by molar-refractivity contribution is -0.392. The molecule has 0 aliphatic carbocycles. The monoisotopic (exact) mass is 430 g/mol. The molecule has 1 amide bonds.